The highest BCUT2D eigenvalue weighted by Crippen LogP contribution is 2.33. The fraction of sp³-hybridized carbons (Fsp3) is 0.333. The smallest absolute Gasteiger partial charge is 0.0686 e. The van der Waals surface area contributed by atoms with Gasteiger partial charge in [-0.05, 0) is 37.4 Å². The number of thiophene rings is 1. The number of aryl methyl sites for hydroxylation is 2. The molecule has 0 radical (unpaired) electrons. The van der Waals surface area contributed by atoms with Crippen LogP contribution in [0.2, 0.25) is 5.02 Å². The molecule has 2 aromatic rings. The van der Waals surface area contributed by atoms with Gasteiger partial charge in [-0.25, -0.2) is 0 Å². The lowest BCUT2D eigenvalue weighted by Crippen LogP contribution is -2.21. The van der Waals surface area contributed by atoms with Gasteiger partial charge >= 0.3 is 0 Å². The van der Waals surface area contributed by atoms with E-state index in [0.29, 0.717) is 0 Å². The molecule has 1 aromatic carbocycles. The predicted molar refractivity (Wildman–Crippen MR) is 80.8 cm³/mol. The molecule has 3 heteroatoms. The predicted octanol–water partition coefficient (Wildman–Crippen LogP) is 4.72. The SMILES string of the molecule is CCNC(c1cc(C)cc(C)c1)c1sccc1Cl. The van der Waals surface area contributed by atoms with Crippen LogP contribution in [0, 0.1) is 13.8 Å². The zero-order chi connectivity index (χ0) is 13.1. The summed E-state index contributed by atoms with van der Waals surface area (Å²) in [5, 5.41) is 6.42. The molecule has 1 aromatic heterocycles. The third-order valence-corrected chi connectivity index (χ3v) is 4.32. The molecule has 0 saturated carbocycles. The van der Waals surface area contributed by atoms with E-state index >= 15 is 0 Å². The van der Waals surface area contributed by atoms with E-state index in [4.69, 9.17) is 11.6 Å². The number of hydrogen-bond donors (Lipinski definition) is 1. The maximum atomic E-state index is 6.27. The molecule has 0 bridgehead atoms. The molecule has 1 unspecified atom stereocenters. The average molecular weight is 280 g/mol. The van der Waals surface area contributed by atoms with E-state index in [1.807, 2.05) is 11.4 Å². The van der Waals surface area contributed by atoms with Crippen molar-refractivity contribution in [3.63, 3.8) is 0 Å². The molecule has 1 N–H and O–H groups in total. The first-order chi connectivity index (χ1) is 8.61. The standard InChI is InChI=1S/C15H18ClNS/c1-4-17-14(15-13(16)5-6-18-15)12-8-10(2)7-11(3)9-12/h5-9,14,17H,4H2,1-3H3. The summed E-state index contributed by atoms with van der Waals surface area (Å²) in [6.45, 7) is 7.31. The molecule has 0 fully saturated rings. The minimum Gasteiger partial charge on any atom is -0.306 e. The average Bonchev–Trinajstić information content (AvgIpc) is 2.71. The lowest BCUT2D eigenvalue weighted by atomic mass is 10.00. The fourth-order valence-corrected chi connectivity index (χ4v) is 3.52. The van der Waals surface area contributed by atoms with E-state index in [2.05, 4.69) is 44.3 Å². The molecular weight excluding hydrogens is 262 g/mol. The van der Waals surface area contributed by atoms with Crippen molar-refractivity contribution in [3.05, 3.63) is 56.2 Å². The quantitative estimate of drug-likeness (QED) is 0.854. The van der Waals surface area contributed by atoms with Crippen LogP contribution in [-0.2, 0) is 0 Å². The highest BCUT2D eigenvalue weighted by atomic mass is 35.5. The lowest BCUT2D eigenvalue weighted by Gasteiger charge is -2.19. The summed E-state index contributed by atoms with van der Waals surface area (Å²) in [4.78, 5) is 1.20. The summed E-state index contributed by atoms with van der Waals surface area (Å²) in [6, 6.07) is 8.82. The zero-order valence-electron chi connectivity index (χ0n) is 11.0. The molecule has 0 spiro atoms. The van der Waals surface area contributed by atoms with Crippen molar-refractivity contribution in [2.24, 2.45) is 0 Å². The summed E-state index contributed by atoms with van der Waals surface area (Å²) < 4.78 is 0. The lowest BCUT2D eigenvalue weighted by molar-refractivity contribution is 0.639. The van der Waals surface area contributed by atoms with Crippen LogP contribution in [0.25, 0.3) is 0 Å². The second-order valence-electron chi connectivity index (χ2n) is 4.54. The summed E-state index contributed by atoms with van der Waals surface area (Å²) in [5.74, 6) is 0. The Bertz CT molecular complexity index is 513. The van der Waals surface area contributed by atoms with Gasteiger partial charge in [-0.15, -0.1) is 11.3 Å². The molecule has 0 aliphatic carbocycles. The monoisotopic (exact) mass is 279 g/mol. The van der Waals surface area contributed by atoms with Crippen molar-refractivity contribution in [1.29, 1.82) is 0 Å². The van der Waals surface area contributed by atoms with Crippen LogP contribution in [0.4, 0.5) is 0 Å². The molecule has 2 rings (SSSR count). The van der Waals surface area contributed by atoms with Crippen molar-refractivity contribution in [2.45, 2.75) is 26.8 Å². The van der Waals surface area contributed by atoms with E-state index in [9.17, 15) is 0 Å². The molecule has 18 heavy (non-hydrogen) atoms. The Morgan fingerprint density at radius 2 is 1.89 bits per heavy atom. The van der Waals surface area contributed by atoms with Crippen LogP contribution in [0.1, 0.15) is 34.5 Å². The Morgan fingerprint density at radius 1 is 1.22 bits per heavy atom. The Labute approximate surface area is 118 Å². The third-order valence-electron chi connectivity index (χ3n) is 2.89. The number of rotatable bonds is 4. The van der Waals surface area contributed by atoms with E-state index in [1.165, 1.54) is 21.6 Å². The van der Waals surface area contributed by atoms with E-state index in [1.54, 1.807) is 11.3 Å². The van der Waals surface area contributed by atoms with E-state index in [0.717, 1.165) is 11.6 Å². The number of hydrogen-bond acceptors (Lipinski definition) is 2. The van der Waals surface area contributed by atoms with Gasteiger partial charge in [0, 0.05) is 4.88 Å². The number of nitrogens with one attached hydrogen (secondary N) is 1. The third kappa shape index (κ3) is 2.94. The summed E-state index contributed by atoms with van der Waals surface area (Å²) in [5.41, 5.74) is 3.87. The van der Waals surface area contributed by atoms with Gasteiger partial charge in [0.25, 0.3) is 0 Å². The molecule has 0 aliphatic rings. The zero-order valence-corrected chi connectivity index (χ0v) is 12.5. The second-order valence-corrected chi connectivity index (χ2v) is 5.90. The van der Waals surface area contributed by atoms with Gasteiger partial charge in [-0.1, -0.05) is 47.9 Å². The van der Waals surface area contributed by atoms with Crippen LogP contribution < -0.4 is 5.32 Å². The first kappa shape index (κ1) is 13.6. The highest BCUT2D eigenvalue weighted by Gasteiger charge is 2.17. The van der Waals surface area contributed by atoms with E-state index in [-0.39, 0.29) is 6.04 Å². The molecule has 96 valence electrons. The van der Waals surface area contributed by atoms with Gasteiger partial charge in [-0.2, -0.15) is 0 Å². The topological polar surface area (TPSA) is 12.0 Å². The molecule has 0 saturated heterocycles. The van der Waals surface area contributed by atoms with Crippen LogP contribution in [0.15, 0.2) is 29.6 Å². The molecular formula is C15H18ClNS. The Hall–Kier alpha value is -0.830. The minimum absolute atomic E-state index is 0.195. The summed E-state index contributed by atoms with van der Waals surface area (Å²) in [7, 11) is 0. The summed E-state index contributed by atoms with van der Waals surface area (Å²) in [6.07, 6.45) is 0. The van der Waals surface area contributed by atoms with Crippen molar-refractivity contribution >= 4 is 22.9 Å². The largest absolute Gasteiger partial charge is 0.306 e. The van der Waals surface area contributed by atoms with Crippen molar-refractivity contribution in [1.82, 2.24) is 5.32 Å². The maximum absolute atomic E-state index is 6.27. The van der Waals surface area contributed by atoms with Crippen molar-refractivity contribution in [2.75, 3.05) is 6.54 Å². The minimum atomic E-state index is 0.195. The Morgan fingerprint density at radius 3 is 2.39 bits per heavy atom. The Kier molecular flexibility index (Phi) is 4.44. The van der Waals surface area contributed by atoms with Crippen LogP contribution >= 0.6 is 22.9 Å². The van der Waals surface area contributed by atoms with Gasteiger partial charge < -0.3 is 5.32 Å². The highest BCUT2D eigenvalue weighted by molar-refractivity contribution is 7.10. The van der Waals surface area contributed by atoms with Crippen molar-refractivity contribution in [3.8, 4) is 0 Å². The molecule has 1 atom stereocenters. The van der Waals surface area contributed by atoms with Crippen LogP contribution in [0.5, 0.6) is 0 Å². The van der Waals surface area contributed by atoms with Gasteiger partial charge in [0.1, 0.15) is 0 Å². The van der Waals surface area contributed by atoms with E-state index < -0.39 is 0 Å². The fourth-order valence-electron chi connectivity index (χ4n) is 2.25. The first-order valence-corrected chi connectivity index (χ1v) is 7.42. The first-order valence-electron chi connectivity index (χ1n) is 6.16. The van der Waals surface area contributed by atoms with Gasteiger partial charge in [0.15, 0.2) is 0 Å². The van der Waals surface area contributed by atoms with Crippen molar-refractivity contribution < 1.29 is 0 Å². The summed E-state index contributed by atoms with van der Waals surface area (Å²) >= 11 is 7.98. The molecule has 1 heterocycles. The van der Waals surface area contributed by atoms with Crippen LogP contribution in [0.3, 0.4) is 0 Å². The van der Waals surface area contributed by atoms with Crippen LogP contribution in [-0.4, -0.2) is 6.54 Å². The number of benzene rings is 1. The van der Waals surface area contributed by atoms with Gasteiger partial charge in [0.2, 0.25) is 0 Å². The second kappa shape index (κ2) is 5.87. The molecule has 0 amide bonds. The maximum Gasteiger partial charge on any atom is 0.0686 e. The van der Waals surface area contributed by atoms with Gasteiger partial charge in [-0.3, -0.25) is 0 Å². The Balaban J connectivity index is 2.44. The molecule has 0 aliphatic heterocycles. The normalized spacial score (nSPS) is 12.7. The van der Waals surface area contributed by atoms with Gasteiger partial charge in [0.05, 0.1) is 11.1 Å². The number of halogens is 1. The molecule has 1 nitrogen and oxygen atoms in total.